The van der Waals surface area contributed by atoms with Gasteiger partial charge < -0.3 is 14.5 Å². The maximum atomic E-state index is 12.6. The van der Waals surface area contributed by atoms with Crippen molar-refractivity contribution in [3.8, 4) is 0 Å². The van der Waals surface area contributed by atoms with E-state index < -0.39 is 0 Å². The summed E-state index contributed by atoms with van der Waals surface area (Å²) in [6.45, 7) is 10.0. The summed E-state index contributed by atoms with van der Waals surface area (Å²) >= 11 is 0. The normalized spacial score (nSPS) is 27.0. The van der Waals surface area contributed by atoms with Crippen molar-refractivity contribution in [1.82, 2.24) is 14.7 Å². The molecule has 0 atom stereocenters. The number of hydrogen-bond donors (Lipinski definition) is 0. The number of rotatable bonds is 1. The number of likely N-dealkylation sites (tertiary alicyclic amines) is 2. The van der Waals surface area contributed by atoms with Gasteiger partial charge in [0, 0.05) is 51.9 Å². The van der Waals surface area contributed by atoms with E-state index in [1.807, 2.05) is 0 Å². The molecular weight excluding hydrogens is 278 g/mol. The molecule has 0 saturated carbocycles. The zero-order chi connectivity index (χ0) is 15.4. The van der Waals surface area contributed by atoms with Crippen LogP contribution in [0, 0.1) is 5.92 Å². The number of carbonyl (C=O) groups excluding carboxylic acids is 1. The molecule has 0 bridgehead atoms. The van der Waals surface area contributed by atoms with Crippen LogP contribution in [0.3, 0.4) is 0 Å². The lowest BCUT2D eigenvalue weighted by Gasteiger charge is -2.41. The molecule has 0 spiro atoms. The molecule has 3 saturated heterocycles. The fourth-order valence-electron chi connectivity index (χ4n) is 3.95. The Morgan fingerprint density at radius 2 is 1.50 bits per heavy atom. The minimum absolute atomic E-state index is 0.282. The molecule has 0 aromatic carbocycles. The predicted octanol–water partition coefficient (Wildman–Crippen LogP) is 2.03. The highest BCUT2D eigenvalue weighted by Gasteiger charge is 2.30. The highest BCUT2D eigenvalue weighted by molar-refractivity contribution is 5.74. The van der Waals surface area contributed by atoms with Crippen LogP contribution in [0.2, 0.25) is 0 Å². The number of amides is 2. The van der Waals surface area contributed by atoms with E-state index in [9.17, 15) is 4.79 Å². The highest BCUT2D eigenvalue weighted by Crippen LogP contribution is 2.21. The number of ether oxygens (including phenoxy) is 1. The third kappa shape index (κ3) is 3.93. The van der Waals surface area contributed by atoms with Crippen molar-refractivity contribution in [1.29, 1.82) is 0 Å². The number of nitrogens with zero attached hydrogens (tertiary/aromatic N) is 3. The van der Waals surface area contributed by atoms with Crippen LogP contribution in [0.5, 0.6) is 0 Å². The lowest BCUT2D eigenvalue weighted by atomic mass is 9.99. The molecule has 3 fully saturated rings. The highest BCUT2D eigenvalue weighted by atomic mass is 16.5. The van der Waals surface area contributed by atoms with Gasteiger partial charge in [-0.2, -0.15) is 0 Å². The summed E-state index contributed by atoms with van der Waals surface area (Å²) in [4.78, 5) is 19.4. The maximum Gasteiger partial charge on any atom is 0.319 e. The molecule has 3 aliphatic rings. The second kappa shape index (κ2) is 7.64. The Balaban J connectivity index is 1.45. The SMILES string of the molecule is CC1CCN(C(=O)N2CCC(N3CCCOCC3)CC2)CC1. The Morgan fingerprint density at radius 1 is 0.864 bits per heavy atom. The maximum absolute atomic E-state index is 12.6. The molecule has 3 rings (SSSR count). The van der Waals surface area contributed by atoms with Gasteiger partial charge in [0.25, 0.3) is 0 Å². The van der Waals surface area contributed by atoms with Gasteiger partial charge in [-0.25, -0.2) is 4.79 Å². The molecular formula is C17H31N3O2. The van der Waals surface area contributed by atoms with Gasteiger partial charge in [0.05, 0.1) is 6.61 Å². The predicted molar refractivity (Wildman–Crippen MR) is 87.0 cm³/mol. The number of hydrogen-bond acceptors (Lipinski definition) is 3. The Bertz CT molecular complexity index is 353. The van der Waals surface area contributed by atoms with E-state index in [4.69, 9.17) is 4.74 Å². The Kier molecular flexibility index (Phi) is 5.58. The Hall–Kier alpha value is -0.810. The quantitative estimate of drug-likeness (QED) is 0.743. The third-order valence-corrected chi connectivity index (χ3v) is 5.56. The molecule has 0 radical (unpaired) electrons. The van der Waals surface area contributed by atoms with Crippen molar-refractivity contribution in [2.45, 2.75) is 45.1 Å². The summed E-state index contributed by atoms with van der Waals surface area (Å²) in [6, 6.07) is 0.927. The lowest BCUT2D eigenvalue weighted by molar-refractivity contribution is 0.0879. The standard InChI is InChI=1S/C17H31N3O2/c1-15-3-8-19(9-4-15)17(21)20-10-5-16(6-11-20)18-7-2-13-22-14-12-18/h15-16H,2-14H2,1H3. The molecule has 0 aromatic heterocycles. The van der Waals surface area contributed by atoms with Crippen LogP contribution < -0.4 is 0 Å². The first-order valence-corrected chi connectivity index (χ1v) is 9.09. The smallest absolute Gasteiger partial charge is 0.319 e. The van der Waals surface area contributed by atoms with Gasteiger partial charge in [0.1, 0.15) is 0 Å². The first-order chi connectivity index (χ1) is 10.7. The monoisotopic (exact) mass is 309 g/mol. The molecule has 5 nitrogen and oxygen atoms in total. The van der Waals surface area contributed by atoms with Gasteiger partial charge in [0.2, 0.25) is 0 Å². The molecule has 0 aromatic rings. The van der Waals surface area contributed by atoms with Crippen LogP contribution in [0.25, 0.3) is 0 Å². The summed E-state index contributed by atoms with van der Waals surface area (Å²) in [7, 11) is 0. The number of piperidine rings is 2. The fourth-order valence-corrected chi connectivity index (χ4v) is 3.95. The number of carbonyl (C=O) groups is 1. The van der Waals surface area contributed by atoms with E-state index in [1.54, 1.807) is 0 Å². The molecule has 5 heteroatoms. The van der Waals surface area contributed by atoms with Crippen LogP contribution in [0.1, 0.15) is 39.0 Å². The van der Waals surface area contributed by atoms with Crippen molar-refractivity contribution < 1.29 is 9.53 Å². The molecule has 3 aliphatic heterocycles. The lowest BCUT2D eigenvalue weighted by Crippen LogP contribution is -2.52. The molecule has 3 heterocycles. The summed E-state index contributed by atoms with van der Waals surface area (Å²) in [5.41, 5.74) is 0. The van der Waals surface area contributed by atoms with Gasteiger partial charge in [-0.3, -0.25) is 4.90 Å². The molecule has 0 aliphatic carbocycles. The molecule has 0 unspecified atom stereocenters. The fraction of sp³-hybridized carbons (Fsp3) is 0.941. The second-order valence-corrected chi connectivity index (χ2v) is 7.17. The van der Waals surface area contributed by atoms with E-state index in [0.717, 1.165) is 90.5 Å². The van der Waals surface area contributed by atoms with E-state index in [-0.39, 0.29) is 6.03 Å². The summed E-state index contributed by atoms with van der Waals surface area (Å²) in [5.74, 6) is 0.778. The first kappa shape index (κ1) is 16.1. The van der Waals surface area contributed by atoms with E-state index in [2.05, 4.69) is 21.6 Å². The van der Waals surface area contributed by atoms with Gasteiger partial charge in [-0.1, -0.05) is 6.92 Å². The zero-order valence-corrected chi connectivity index (χ0v) is 14.0. The van der Waals surface area contributed by atoms with E-state index in [0.29, 0.717) is 6.04 Å². The van der Waals surface area contributed by atoms with Crippen molar-refractivity contribution in [3.05, 3.63) is 0 Å². The average Bonchev–Trinajstić information content (AvgIpc) is 2.84. The first-order valence-electron chi connectivity index (χ1n) is 9.09. The zero-order valence-electron chi connectivity index (χ0n) is 14.0. The van der Waals surface area contributed by atoms with Crippen LogP contribution in [-0.2, 0) is 4.74 Å². The van der Waals surface area contributed by atoms with Crippen LogP contribution in [-0.4, -0.2) is 79.3 Å². The third-order valence-electron chi connectivity index (χ3n) is 5.56. The molecule has 0 N–H and O–H groups in total. The minimum atomic E-state index is 0.282. The molecule has 126 valence electrons. The Morgan fingerprint density at radius 3 is 2.18 bits per heavy atom. The average molecular weight is 309 g/mol. The second-order valence-electron chi connectivity index (χ2n) is 7.17. The summed E-state index contributed by atoms with van der Waals surface area (Å²) < 4.78 is 5.55. The van der Waals surface area contributed by atoms with Crippen LogP contribution >= 0.6 is 0 Å². The van der Waals surface area contributed by atoms with Crippen molar-refractivity contribution >= 4 is 6.03 Å². The topological polar surface area (TPSA) is 36.0 Å². The largest absolute Gasteiger partial charge is 0.380 e. The van der Waals surface area contributed by atoms with Gasteiger partial charge >= 0.3 is 6.03 Å². The van der Waals surface area contributed by atoms with Crippen molar-refractivity contribution in [3.63, 3.8) is 0 Å². The van der Waals surface area contributed by atoms with E-state index >= 15 is 0 Å². The van der Waals surface area contributed by atoms with Crippen molar-refractivity contribution in [2.75, 3.05) is 52.5 Å². The Labute approximate surface area is 134 Å². The van der Waals surface area contributed by atoms with Crippen molar-refractivity contribution in [2.24, 2.45) is 5.92 Å². The van der Waals surface area contributed by atoms with Gasteiger partial charge in [-0.05, 0) is 38.0 Å². The van der Waals surface area contributed by atoms with E-state index in [1.165, 1.54) is 0 Å². The van der Waals surface area contributed by atoms with Crippen LogP contribution in [0.15, 0.2) is 0 Å². The number of urea groups is 1. The molecule has 2 amide bonds. The summed E-state index contributed by atoms with van der Waals surface area (Å²) in [6.07, 6.45) is 5.71. The molecule has 22 heavy (non-hydrogen) atoms. The van der Waals surface area contributed by atoms with Gasteiger partial charge in [0.15, 0.2) is 0 Å². The minimum Gasteiger partial charge on any atom is -0.380 e. The van der Waals surface area contributed by atoms with Gasteiger partial charge in [-0.15, -0.1) is 0 Å². The summed E-state index contributed by atoms with van der Waals surface area (Å²) in [5, 5.41) is 0. The van der Waals surface area contributed by atoms with Crippen LogP contribution in [0.4, 0.5) is 4.79 Å².